The Balaban J connectivity index is 2.75. The SMILES string of the molecule is Cc1ccc(C(=O)OCN)cc1. The van der Waals surface area contributed by atoms with Gasteiger partial charge in [0.25, 0.3) is 0 Å². The molecule has 0 amide bonds. The van der Waals surface area contributed by atoms with E-state index in [4.69, 9.17) is 5.73 Å². The van der Waals surface area contributed by atoms with E-state index in [1.54, 1.807) is 12.1 Å². The first-order chi connectivity index (χ1) is 5.74. The molecule has 0 aromatic heterocycles. The second kappa shape index (κ2) is 3.88. The van der Waals surface area contributed by atoms with Gasteiger partial charge in [-0.3, -0.25) is 5.73 Å². The number of rotatable bonds is 2. The first kappa shape index (κ1) is 8.74. The average molecular weight is 165 g/mol. The van der Waals surface area contributed by atoms with Gasteiger partial charge < -0.3 is 4.74 Å². The third-order valence-corrected chi connectivity index (χ3v) is 1.50. The fraction of sp³-hybridized carbons (Fsp3) is 0.222. The highest BCUT2D eigenvalue weighted by Crippen LogP contribution is 2.03. The molecule has 1 aromatic rings. The lowest BCUT2D eigenvalue weighted by Crippen LogP contribution is -2.11. The number of carbonyl (C=O) groups excluding carboxylic acids is 1. The van der Waals surface area contributed by atoms with Gasteiger partial charge in [-0.1, -0.05) is 17.7 Å². The fourth-order valence-corrected chi connectivity index (χ4v) is 0.849. The molecule has 0 radical (unpaired) electrons. The largest absolute Gasteiger partial charge is 0.446 e. The van der Waals surface area contributed by atoms with Crippen LogP contribution in [0.4, 0.5) is 0 Å². The Kier molecular flexibility index (Phi) is 2.82. The van der Waals surface area contributed by atoms with E-state index in [-0.39, 0.29) is 12.7 Å². The molecular formula is C9H11NO2. The normalized spacial score (nSPS) is 9.50. The molecule has 0 atom stereocenters. The van der Waals surface area contributed by atoms with Crippen molar-refractivity contribution in [2.24, 2.45) is 5.73 Å². The van der Waals surface area contributed by atoms with Gasteiger partial charge in [-0.15, -0.1) is 0 Å². The smallest absolute Gasteiger partial charge is 0.339 e. The summed E-state index contributed by atoms with van der Waals surface area (Å²) in [6.45, 7) is 1.88. The first-order valence-corrected chi connectivity index (χ1v) is 3.68. The summed E-state index contributed by atoms with van der Waals surface area (Å²) in [5.41, 5.74) is 6.70. The third-order valence-electron chi connectivity index (χ3n) is 1.50. The van der Waals surface area contributed by atoms with E-state index in [0.29, 0.717) is 5.56 Å². The molecule has 0 aliphatic heterocycles. The molecule has 3 heteroatoms. The Morgan fingerprint density at radius 3 is 2.50 bits per heavy atom. The van der Waals surface area contributed by atoms with Crippen molar-refractivity contribution in [3.8, 4) is 0 Å². The first-order valence-electron chi connectivity index (χ1n) is 3.68. The predicted molar refractivity (Wildman–Crippen MR) is 45.6 cm³/mol. The third kappa shape index (κ3) is 2.07. The molecule has 0 bridgehead atoms. The van der Waals surface area contributed by atoms with Crippen LogP contribution in [-0.2, 0) is 4.74 Å². The number of hydrogen-bond acceptors (Lipinski definition) is 3. The minimum atomic E-state index is -0.377. The van der Waals surface area contributed by atoms with Crippen molar-refractivity contribution in [3.63, 3.8) is 0 Å². The minimum absolute atomic E-state index is 0.0767. The van der Waals surface area contributed by atoms with Gasteiger partial charge in [-0.05, 0) is 19.1 Å². The van der Waals surface area contributed by atoms with Crippen LogP contribution in [-0.4, -0.2) is 12.7 Å². The number of benzene rings is 1. The van der Waals surface area contributed by atoms with Crippen LogP contribution in [0.25, 0.3) is 0 Å². The van der Waals surface area contributed by atoms with Crippen molar-refractivity contribution >= 4 is 5.97 Å². The van der Waals surface area contributed by atoms with Crippen molar-refractivity contribution in [2.45, 2.75) is 6.92 Å². The Labute approximate surface area is 71.1 Å². The standard InChI is InChI=1S/C9H11NO2/c1-7-2-4-8(5-3-7)9(11)12-6-10/h2-5H,6,10H2,1H3. The monoisotopic (exact) mass is 165 g/mol. The molecule has 0 unspecified atom stereocenters. The van der Waals surface area contributed by atoms with E-state index >= 15 is 0 Å². The molecule has 0 aliphatic rings. The van der Waals surface area contributed by atoms with E-state index in [0.717, 1.165) is 5.56 Å². The van der Waals surface area contributed by atoms with Crippen LogP contribution in [0.15, 0.2) is 24.3 Å². The highest BCUT2D eigenvalue weighted by atomic mass is 16.5. The van der Waals surface area contributed by atoms with E-state index in [1.165, 1.54) is 0 Å². The summed E-state index contributed by atoms with van der Waals surface area (Å²) >= 11 is 0. The van der Waals surface area contributed by atoms with Crippen LogP contribution < -0.4 is 5.73 Å². The van der Waals surface area contributed by atoms with Gasteiger partial charge in [0, 0.05) is 0 Å². The lowest BCUT2D eigenvalue weighted by Gasteiger charge is -2.00. The molecule has 0 saturated heterocycles. The lowest BCUT2D eigenvalue weighted by molar-refractivity contribution is 0.0515. The van der Waals surface area contributed by atoms with Crippen molar-refractivity contribution < 1.29 is 9.53 Å². The molecule has 64 valence electrons. The summed E-state index contributed by atoms with van der Waals surface area (Å²) in [5, 5.41) is 0. The van der Waals surface area contributed by atoms with Gasteiger partial charge >= 0.3 is 5.97 Å². The molecule has 2 N–H and O–H groups in total. The highest BCUT2D eigenvalue weighted by Gasteiger charge is 2.03. The Morgan fingerprint density at radius 1 is 1.42 bits per heavy atom. The van der Waals surface area contributed by atoms with Gasteiger partial charge in [0.1, 0.15) is 6.73 Å². The van der Waals surface area contributed by atoms with E-state index < -0.39 is 0 Å². The van der Waals surface area contributed by atoms with E-state index in [1.807, 2.05) is 19.1 Å². The number of esters is 1. The van der Waals surface area contributed by atoms with Gasteiger partial charge in [-0.25, -0.2) is 4.79 Å². The number of ether oxygens (including phenoxy) is 1. The molecule has 0 spiro atoms. The Hall–Kier alpha value is -1.35. The molecular weight excluding hydrogens is 154 g/mol. The van der Waals surface area contributed by atoms with Gasteiger partial charge in [-0.2, -0.15) is 0 Å². The van der Waals surface area contributed by atoms with Crippen LogP contribution in [0.5, 0.6) is 0 Å². The van der Waals surface area contributed by atoms with Crippen LogP contribution in [0, 0.1) is 6.92 Å². The van der Waals surface area contributed by atoms with Crippen molar-refractivity contribution in [1.82, 2.24) is 0 Å². The number of aryl methyl sites for hydroxylation is 1. The zero-order chi connectivity index (χ0) is 8.97. The van der Waals surface area contributed by atoms with Crippen molar-refractivity contribution in [1.29, 1.82) is 0 Å². The molecule has 1 aromatic carbocycles. The molecule has 12 heavy (non-hydrogen) atoms. The van der Waals surface area contributed by atoms with Crippen LogP contribution in [0.2, 0.25) is 0 Å². The minimum Gasteiger partial charge on any atom is -0.446 e. The maximum atomic E-state index is 11.1. The summed E-state index contributed by atoms with van der Waals surface area (Å²) in [5.74, 6) is -0.377. The van der Waals surface area contributed by atoms with Gasteiger partial charge in [0.2, 0.25) is 0 Å². The summed E-state index contributed by atoms with van der Waals surface area (Å²) in [6, 6.07) is 7.14. The summed E-state index contributed by atoms with van der Waals surface area (Å²) < 4.78 is 4.61. The number of nitrogens with two attached hydrogens (primary N) is 1. The lowest BCUT2D eigenvalue weighted by atomic mass is 10.2. The van der Waals surface area contributed by atoms with Crippen LogP contribution in [0.3, 0.4) is 0 Å². The van der Waals surface area contributed by atoms with Gasteiger partial charge in [0.05, 0.1) is 5.56 Å². The quantitative estimate of drug-likeness (QED) is 0.526. The zero-order valence-electron chi connectivity index (χ0n) is 6.91. The molecule has 0 heterocycles. The average Bonchev–Trinajstić information content (AvgIpc) is 2.06. The highest BCUT2D eigenvalue weighted by molar-refractivity contribution is 5.89. The van der Waals surface area contributed by atoms with Crippen molar-refractivity contribution in [3.05, 3.63) is 35.4 Å². The topological polar surface area (TPSA) is 52.3 Å². The van der Waals surface area contributed by atoms with E-state index in [9.17, 15) is 4.79 Å². The Morgan fingerprint density at radius 2 is 2.00 bits per heavy atom. The maximum Gasteiger partial charge on any atom is 0.339 e. The second-order valence-electron chi connectivity index (χ2n) is 2.46. The maximum absolute atomic E-state index is 11.1. The number of carbonyl (C=O) groups is 1. The second-order valence-corrected chi connectivity index (χ2v) is 2.46. The Bertz CT molecular complexity index is 266. The van der Waals surface area contributed by atoms with Crippen LogP contribution >= 0.6 is 0 Å². The number of hydrogen-bond donors (Lipinski definition) is 1. The molecule has 0 fully saturated rings. The molecule has 3 nitrogen and oxygen atoms in total. The summed E-state index contributed by atoms with van der Waals surface area (Å²) in [6.07, 6.45) is 0. The van der Waals surface area contributed by atoms with Crippen molar-refractivity contribution in [2.75, 3.05) is 6.73 Å². The molecule has 0 aliphatic carbocycles. The summed E-state index contributed by atoms with van der Waals surface area (Å²) in [4.78, 5) is 11.1. The predicted octanol–water partition coefficient (Wildman–Crippen LogP) is 1.07. The van der Waals surface area contributed by atoms with Gasteiger partial charge in [0.15, 0.2) is 0 Å². The van der Waals surface area contributed by atoms with Crippen LogP contribution in [0.1, 0.15) is 15.9 Å². The zero-order valence-corrected chi connectivity index (χ0v) is 6.91. The fourth-order valence-electron chi connectivity index (χ4n) is 0.849. The molecule has 0 saturated carbocycles. The molecule has 1 rings (SSSR count). The summed E-state index contributed by atoms with van der Waals surface area (Å²) in [7, 11) is 0. The van der Waals surface area contributed by atoms with E-state index in [2.05, 4.69) is 4.74 Å².